The van der Waals surface area contributed by atoms with Crippen LogP contribution in [0.1, 0.15) is 23.6 Å². The molecule has 0 aliphatic carbocycles. The summed E-state index contributed by atoms with van der Waals surface area (Å²) in [5, 5.41) is 13.2. The lowest BCUT2D eigenvalue weighted by atomic mass is 10.1. The molecule has 1 heterocycles. The molecule has 3 N–H and O–H groups in total. The van der Waals surface area contributed by atoms with E-state index in [4.69, 9.17) is 0 Å². The van der Waals surface area contributed by atoms with Crippen molar-refractivity contribution >= 4 is 11.6 Å². The normalized spacial score (nSPS) is 10.5. The van der Waals surface area contributed by atoms with Gasteiger partial charge in [0.05, 0.1) is 0 Å². The molecule has 0 unspecified atom stereocenters. The van der Waals surface area contributed by atoms with Gasteiger partial charge < -0.3 is 10.6 Å². The third kappa shape index (κ3) is 4.32. The molecule has 3 aromatic rings. The molecule has 0 aliphatic heterocycles. The van der Waals surface area contributed by atoms with Crippen molar-refractivity contribution in [3.05, 3.63) is 71.5 Å². The molecule has 0 fully saturated rings. The maximum Gasteiger partial charge on any atom is 0.218 e. The molecule has 0 aliphatic rings. The highest BCUT2D eigenvalue weighted by Gasteiger charge is 1.98. The Hall–Kier alpha value is -2.82. The average molecular weight is 307 g/mol. The van der Waals surface area contributed by atoms with Crippen LogP contribution in [0.25, 0.3) is 0 Å². The van der Waals surface area contributed by atoms with E-state index >= 15 is 0 Å². The average Bonchev–Trinajstić information content (AvgIpc) is 3.13. The molecule has 0 spiro atoms. The van der Waals surface area contributed by atoms with Gasteiger partial charge in [0.1, 0.15) is 6.33 Å². The van der Waals surface area contributed by atoms with Gasteiger partial charge in [-0.3, -0.25) is 0 Å². The third-order valence-corrected chi connectivity index (χ3v) is 3.76. The van der Waals surface area contributed by atoms with Crippen LogP contribution in [0.15, 0.2) is 54.9 Å². The molecule has 0 atom stereocenters. The van der Waals surface area contributed by atoms with Crippen LogP contribution in [0, 0.1) is 0 Å². The van der Waals surface area contributed by atoms with E-state index < -0.39 is 0 Å². The predicted octanol–water partition coefficient (Wildman–Crippen LogP) is 3.59. The Bertz CT molecular complexity index is 702. The van der Waals surface area contributed by atoms with Crippen LogP contribution < -0.4 is 10.6 Å². The van der Waals surface area contributed by atoms with Crippen molar-refractivity contribution in [2.75, 3.05) is 10.6 Å². The molecule has 0 saturated heterocycles. The van der Waals surface area contributed by atoms with E-state index in [1.54, 1.807) is 0 Å². The van der Waals surface area contributed by atoms with Crippen LogP contribution >= 0.6 is 0 Å². The number of aromatic nitrogens is 3. The van der Waals surface area contributed by atoms with Crippen molar-refractivity contribution in [3.63, 3.8) is 0 Å². The lowest BCUT2D eigenvalue weighted by Gasteiger charge is -2.09. The fraction of sp³-hybridized carbons (Fsp3) is 0.222. The number of benzene rings is 2. The minimum absolute atomic E-state index is 0.683. The molecule has 3 rings (SSSR count). The first kappa shape index (κ1) is 15.1. The lowest BCUT2D eigenvalue weighted by Crippen LogP contribution is -2.02. The van der Waals surface area contributed by atoms with E-state index in [-0.39, 0.29) is 0 Å². The first-order valence-electron chi connectivity index (χ1n) is 7.83. The summed E-state index contributed by atoms with van der Waals surface area (Å²) in [6, 6.07) is 17.1. The number of rotatable bonds is 7. The van der Waals surface area contributed by atoms with Gasteiger partial charge in [0, 0.05) is 18.8 Å². The van der Waals surface area contributed by atoms with Crippen molar-refractivity contribution in [1.82, 2.24) is 15.2 Å². The van der Waals surface area contributed by atoms with Gasteiger partial charge in [-0.1, -0.05) is 43.3 Å². The van der Waals surface area contributed by atoms with Gasteiger partial charge in [-0.15, -0.1) is 0 Å². The molecule has 118 valence electrons. The number of hydrogen-bond acceptors (Lipinski definition) is 4. The van der Waals surface area contributed by atoms with Crippen molar-refractivity contribution in [1.29, 1.82) is 0 Å². The van der Waals surface area contributed by atoms with Gasteiger partial charge in [0.2, 0.25) is 5.95 Å². The van der Waals surface area contributed by atoms with E-state index in [2.05, 4.69) is 81.3 Å². The highest BCUT2D eigenvalue weighted by atomic mass is 15.3. The zero-order valence-corrected chi connectivity index (χ0v) is 13.2. The van der Waals surface area contributed by atoms with E-state index in [1.165, 1.54) is 23.0 Å². The summed E-state index contributed by atoms with van der Waals surface area (Å²) in [5.41, 5.74) is 4.97. The number of H-pyrrole nitrogens is 1. The van der Waals surface area contributed by atoms with E-state index in [0.717, 1.165) is 18.7 Å². The molecular formula is C18H21N5. The van der Waals surface area contributed by atoms with Crippen LogP contribution in [0.3, 0.4) is 0 Å². The molecule has 1 aromatic heterocycles. The second-order valence-electron chi connectivity index (χ2n) is 5.41. The fourth-order valence-electron chi connectivity index (χ4n) is 2.31. The predicted molar refractivity (Wildman–Crippen MR) is 93.3 cm³/mol. The molecule has 5 nitrogen and oxygen atoms in total. The van der Waals surface area contributed by atoms with Crippen LogP contribution in [0.2, 0.25) is 0 Å². The molecule has 0 bridgehead atoms. The molecular weight excluding hydrogens is 286 g/mol. The number of aromatic amines is 1. The van der Waals surface area contributed by atoms with Gasteiger partial charge >= 0.3 is 0 Å². The van der Waals surface area contributed by atoms with Gasteiger partial charge in [-0.2, -0.15) is 5.10 Å². The lowest BCUT2D eigenvalue weighted by molar-refractivity contribution is 1.04. The van der Waals surface area contributed by atoms with Crippen LogP contribution in [-0.4, -0.2) is 15.2 Å². The van der Waals surface area contributed by atoms with E-state index in [1.807, 2.05) is 0 Å². The van der Waals surface area contributed by atoms with Crippen molar-refractivity contribution in [3.8, 4) is 0 Å². The summed E-state index contributed by atoms with van der Waals surface area (Å²) in [7, 11) is 0. The highest BCUT2D eigenvalue weighted by Crippen LogP contribution is 2.13. The Morgan fingerprint density at radius 1 is 0.826 bits per heavy atom. The molecule has 2 aromatic carbocycles. The monoisotopic (exact) mass is 307 g/mol. The zero-order valence-electron chi connectivity index (χ0n) is 13.2. The summed E-state index contributed by atoms with van der Waals surface area (Å²) in [6.45, 7) is 3.72. The van der Waals surface area contributed by atoms with Crippen LogP contribution in [0.4, 0.5) is 11.6 Å². The van der Waals surface area contributed by atoms with E-state index in [0.29, 0.717) is 12.5 Å². The van der Waals surface area contributed by atoms with Gasteiger partial charge in [-0.25, -0.2) is 10.1 Å². The Morgan fingerprint density at radius 2 is 1.43 bits per heavy atom. The molecule has 0 saturated carbocycles. The van der Waals surface area contributed by atoms with Crippen LogP contribution in [0.5, 0.6) is 0 Å². The molecule has 5 heteroatoms. The first-order chi connectivity index (χ1) is 11.3. The topological polar surface area (TPSA) is 65.6 Å². The van der Waals surface area contributed by atoms with Crippen molar-refractivity contribution in [2.24, 2.45) is 0 Å². The second kappa shape index (κ2) is 7.45. The Labute approximate surface area is 136 Å². The molecule has 0 amide bonds. The maximum atomic E-state index is 4.03. The van der Waals surface area contributed by atoms with Gasteiger partial charge in [-0.05, 0) is 35.2 Å². The van der Waals surface area contributed by atoms with E-state index in [9.17, 15) is 0 Å². The maximum absolute atomic E-state index is 4.03. The van der Waals surface area contributed by atoms with Crippen molar-refractivity contribution < 1.29 is 0 Å². The highest BCUT2D eigenvalue weighted by molar-refractivity contribution is 5.45. The number of hydrogen-bond donors (Lipinski definition) is 3. The fourth-order valence-corrected chi connectivity index (χ4v) is 2.31. The minimum atomic E-state index is 0.683. The smallest absolute Gasteiger partial charge is 0.218 e. The first-order valence-corrected chi connectivity index (χ1v) is 7.83. The summed E-state index contributed by atoms with van der Waals surface area (Å²) >= 11 is 0. The number of nitrogens with one attached hydrogen (secondary N) is 3. The Morgan fingerprint density at radius 3 is 2.04 bits per heavy atom. The summed E-state index contributed by atoms with van der Waals surface area (Å²) < 4.78 is 0. The largest absolute Gasteiger partial charge is 0.381 e. The van der Waals surface area contributed by atoms with Gasteiger partial charge in [0.25, 0.3) is 0 Å². The quantitative estimate of drug-likeness (QED) is 0.624. The summed E-state index contributed by atoms with van der Waals surface area (Å²) in [6.07, 6.45) is 2.57. The molecule has 0 radical (unpaired) electrons. The Kier molecular flexibility index (Phi) is 4.88. The number of nitrogens with zero attached hydrogens (tertiary/aromatic N) is 2. The SMILES string of the molecule is CCc1ccc(CNc2ccc(CNc3ncn[nH]3)cc2)cc1. The number of aryl methyl sites for hydroxylation is 1. The third-order valence-electron chi connectivity index (χ3n) is 3.76. The molecule has 23 heavy (non-hydrogen) atoms. The Balaban J connectivity index is 1.50. The number of anilines is 2. The van der Waals surface area contributed by atoms with Crippen LogP contribution in [-0.2, 0) is 19.5 Å². The summed E-state index contributed by atoms with van der Waals surface area (Å²) in [4.78, 5) is 4.03. The zero-order chi connectivity index (χ0) is 15.9. The minimum Gasteiger partial charge on any atom is -0.381 e. The van der Waals surface area contributed by atoms with Gasteiger partial charge in [0.15, 0.2) is 0 Å². The summed E-state index contributed by atoms with van der Waals surface area (Å²) in [5.74, 6) is 0.683. The second-order valence-corrected chi connectivity index (χ2v) is 5.41. The van der Waals surface area contributed by atoms with Crippen molar-refractivity contribution in [2.45, 2.75) is 26.4 Å². The standard InChI is InChI=1S/C18H21N5/c1-2-14-3-5-15(6-4-14)11-19-17-9-7-16(8-10-17)12-20-18-21-13-22-23-18/h3-10,13,19H,2,11-12H2,1H3,(H2,20,21,22,23).